The first kappa shape index (κ1) is 50.9. The summed E-state index contributed by atoms with van der Waals surface area (Å²) in [5.41, 5.74) is 4.93. The molecule has 1 aliphatic carbocycles. The van der Waals surface area contributed by atoms with Crippen molar-refractivity contribution < 1.29 is 53.7 Å². The Morgan fingerprint density at radius 2 is 1.12 bits per heavy atom. The number of aliphatic carboxylic acids is 2. The molecule has 1 aliphatic rings. The Balaban J connectivity index is 1.32. The third-order valence-electron chi connectivity index (χ3n) is 12.5. The van der Waals surface area contributed by atoms with Crippen LogP contribution in [0.4, 0.5) is 0 Å². The first-order chi connectivity index (χ1) is 32.0. The fourth-order valence-electron chi connectivity index (χ4n) is 8.44. The molecule has 0 spiro atoms. The van der Waals surface area contributed by atoms with Crippen LogP contribution in [0.15, 0.2) is 79.0 Å². The molecule has 3 aromatic carbocycles. The number of aromatic nitrogens is 1. The minimum Gasteiger partial charge on any atom is -0.481 e. The Bertz CT molecular complexity index is 2410. The van der Waals surface area contributed by atoms with E-state index in [2.05, 4.69) is 36.9 Å². The van der Waals surface area contributed by atoms with Crippen LogP contribution in [-0.2, 0) is 57.6 Å². The number of carboxylic acid groups (broad SMARTS) is 2. The van der Waals surface area contributed by atoms with E-state index in [0.717, 1.165) is 33.2 Å². The van der Waals surface area contributed by atoms with E-state index in [1.807, 2.05) is 72.8 Å². The van der Waals surface area contributed by atoms with Gasteiger partial charge in [0, 0.05) is 36.4 Å². The summed E-state index contributed by atoms with van der Waals surface area (Å²) in [5, 5.41) is 46.4. The number of aryl methyl sites for hydroxylation is 2. The lowest BCUT2D eigenvalue weighted by Gasteiger charge is -2.31. The van der Waals surface area contributed by atoms with Crippen molar-refractivity contribution in [1.82, 2.24) is 36.9 Å². The lowest BCUT2D eigenvalue weighted by atomic mass is 9.82. The summed E-state index contributed by atoms with van der Waals surface area (Å²) in [4.78, 5) is 110. The molecule has 6 amide bonds. The van der Waals surface area contributed by atoms with E-state index in [1.54, 1.807) is 33.9 Å². The number of aliphatic hydroxyl groups excluding tert-OH is 1. The Hall–Kier alpha value is -7.08. The molecule has 0 radical (unpaired) electrons. The molecule has 0 saturated heterocycles. The Morgan fingerprint density at radius 3 is 1.66 bits per heavy atom. The molecule has 8 atom stereocenters. The summed E-state index contributed by atoms with van der Waals surface area (Å²) in [7, 11) is 0. The van der Waals surface area contributed by atoms with Gasteiger partial charge in [0.1, 0.15) is 36.3 Å². The van der Waals surface area contributed by atoms with Crippen molar-refractivity contribution in [3.8, 4) is 0 Å². The van der Waals surface area contributed by atoms with E-state index in [-0.39, 0.29) is 6.42 Å². The lowest BCUT2D eigenvalue weighted by molar-refractivity contribution is -0.142. The van der Waals surface area contributed by atoms with Crippen molar-refractivity contribution in [2.24, 2.45) is 11.8 Å². The maximum Gasteiger partial charge on any atom is 0.326 e. The summed E-state index contributed by atoms with van der Waals surface area (Å²) in [5.74, 6) is -9.79. The molecule has 18 nitrogen and oxygen atoms in total. The number of aliphatic hydroxyl groups is 1. The third-order valence-corrected chi connectivity index (χ3v) is 12.5. The average Bonchev–Trinajstić information content (AvgIpc) is 3.63. The van der Waals surface area contributed by atoms with Crippen LogP contribution in [0.1, 0.15) is 87.6 Å². The molecule has 67 heavy (non-hydrogen) atoms. The molecular weight excluding hydrogens is 863 g/mol. The van der Waals surface area contributed by atoms with Crippen LogP contribution in [0.2, 0.25) is 0 Å². The maximum atomic E-state index is 14.2. The lowest BCUT2D eigenvalue weighted by Crippen LogP contribution is -2.62. The van der Waals surface area contributed by atoms with Crippen molar-refractivity contribution in [3.05, 3.63) is 107 Å². The van der Waals surface area contributed by atoms with Crippen LogP contribution < -0.4 is 31.9 Å². The highest BCUT2D eigenvalue weighted by molar-refractivity contribution is 5.98. The predicted octanol–water partition coefficient (Wildman–Crippen LogP) is 2.21. The Kier molecular flexibility index (Phi) is 17.8. The number of H-pyrrole nitrogens is 1. The normalized spacial score (nSPS) is 15.9. The molecular formula is C49H61N7O11. The second-order valence-electron chi connectivity index (χ2n) is 17.2. The van der Waals surface area contributed by atoms with Gasteiger partial charge in [-0.05, 0) is 58.6 Å². The fourth-order valence-corrected chi connectivity index (χ4v) is 8.44. The van der Waals surface area contributed by atoms with Crippen molar-refractivity contribution in [3.63, 3.8) is 0 Å². The van der Waals surface area contributed by atoms with Gasteiger partial charge >= 0.3 is 11.9 Å². The number of rotatable bonds is 22. The van der Waals surface area contributed by atoms with Crippen LogP contribution in [0.5, 0.6) is 0 Å². The van der Waals surface area contributed by atoms with Gasteiger partial charge in [-0.1, -0.05) is 107 Å². The second kappa shape index (κ2) is 23.4. The Morgan fingerprint density at radius 1 is 0.627 bits per heavy atom. The number of hydrogen-bond acceptors (Lipinski definition) is 9. The molecule has 358 valence electrons. The summed E-state index contributed by atoms with van der Waals surface area (Å²) in [6, 6.07) is 13.5. The van der Waals surface area contributed by atoms with Gasteiger partial charge in [0.25, 0.3) is 0 Å². The predicted molar refractivity (Wildman–Crippen MR) is 247 cm³/mol. The highest BCUT2D eigenvalue weighted by atomic mass is 16.4. The fraction of sp³-hybridized carbons (Fsp3) is 0.429. The van der Waals surface area contributed by atoms with Gasteiger partial charge in [-0.3, -0.25) is 33.6 Å². The van der Waals surface area contributed by atoms with Crippen molar-refractivity contribution >= 4 is 58.3 Å². The summed E-state index contributed by atoms with van der Waals surface area (Å²) in [6.07, 6.45) is 2.69. The smallest absolute Gasteiger partial charge is 0.326 e. The van der Waals surface area contributed by atoms with E-state index in [9.17, 15) is 53.7 Å². The molecule has 0 bridgehead atoms. The molecule has 4 aromatic rings. The van der Waals surface area contributed by atoms with E-state index in [1.165, 1.54) is 6.92 Å². The standard InChI is InChI=1S/C49H61N7O11/c1-6-26(3)41(46(63)53-37(49(66)67)22-31-24-50-35-19-13-12-16-32(31)35)56-47(64)42(27(4)7-2)55-44(61)36(23-39(59)60)52-45(62)38(25-57)54-48(65)43(51-28(5)58)40-33-17-10-8-14-29(33)20-21-30-15-9-11-18-34(30)40/h8-19,24,26-27,36-38,40-43,50,57H,6-7,20-23,25H2,1-5H3,(H,51,58)(H,52,62)(H,53,63)(H,54,65)(H,55,61)(H,56,64)(H,59,60)(H,66,67)/t26-,27-,36-,37-,38-,41-,42-,43+/m0/s1. The van der Waals surface area contributed by atoms with E-state index < -0.39 is 114 Å². The molecule has 1 aromatic heterocycles. The number of carbonyl (C=O) groups excluding carboxylic acids is 6. The molecule has 1 heterocycles. The minimum absolute atomic E-state index is 0.0607. The molecule has 5 rings (SSSR count). The molecule has 0 saturated carbocycles. The minimum atomic E-state index is -1.82. The van der Waals surface area contributed by atoms with Crippen LogP contribution in [0.3, 0.4) is 0 Å². The number of amides is 6. The average molecular weight is 924 g/mol. The molecule has 0 unspecified atom stereocenters. The number of benzene rings is 3. The van der Waals surface area contributed by atoms with Gasteiger partial charge in [0.2, 0.25) is 35.4 Å². The summed E-state index contributed by atoms with van der Waals surface area (Å²) < 4.78 is 0. The summed E-state index contributed by atoms with van der Waals surface area (Å²) >= 11 is 0. The molecule has 0 aliphatic heterocycles. The zero-order valence-corrected chi connectivity index (χ0v) is 38.3. The van der Waals surface area contributed by atoms with Crippen molar-refractivity contribution in [1.29, 1.82) is 0 Å². The van der Waals surface area contributed by atoms with E-state index >= 15 is 0 Å². The van der Waals surface area contributed by atoms with Gasteiger partial charge in [-0.25, -0.2) is 4.79 Å². The first-order valence-corrected chi connectivity index (χ1v) is 22.5. The van der Waals surface area contributed by atoms with Gasteiger partial charge < -0.3 is 52.2 Å². The molecule has 10 N–H and O–H groups in total. The van der Waals surface area contributed by atoms with Gasteiger partial charge in [-0.15, -0.1) is 0 Å². The summed E-state index contributed by atoms with van der Waals surface area (Å²) in [6.45, 7) is 7.12. The quantitative estimate of drug-likeness (QED) is 0.0546. The number of aromatic amines is 1. The van der Waals surface area contributed by atoms with Crippen molar-refractivity contribution in [2.45, 2.75) is 115 Å². The van der Waals surface area contributed by atoms with Crippen LogP contribution in [-0.4, -0.2) is 111 Å². The second-order valence-corrected chi connectivity index (χ2v) is 17.2. The number of para-hydroxylation sites is 1. The van der Waals surface area contributed by atoms with Gasteiger partial charge in [0.05, 0.1) is 13.0 Å². The first-order valence-electron chi connectivity index (χ1n) is 22.5. The van der Waals surface area contributed by atoms with Crippen LogP contribution in [0.25, 0.3) is 10.9 Å². The number of nitrogens with one attached hydrogen (secondary N) is 7. The SMILES string of the molecule is CC[C@H](C)[C@H](NC(=O)[C@H](CC(=O)O)NC(=O)[C@H](CO)NC(=O)[C@H](NC(C)=O)C1c2ccccc2CCc2ccccc21)C(=O)N[C@H](C(=O)N[C@@H](Cc1c[nH]c2ccccc12)C(=O)O)[C@@H](C)CC. The van der Waals surface area contributed by atoms with E-state index in [4.69, 9.17) is 0 Å². The highest BCUT2D eigenvalue weighted by Gasteiger charge is 2.39. The highest BCUT2D eigenvalue weighted by Crippen LogP contribution is 2.37. The van der Waals surface area contributed by atoms with Crippen LogP contribution in [0, 0.1) is 11.8 Å². The number of fused-ring (bicyclic) bond motifs is 3. The van der Waals surface area contributed by atoms with Gasteiger partial charge in [0.15, 0.2) is 0 Å². The number of carboxylic acids is 2. The third kappa shape index (κ3) is 12.8. The number of hydrogen-bond donors (Lipinski definition) is 10. The zero-order chi connectivity index (χ0) is 48.9. The largest absolute Gasteiger partial charge is 0.481 e. The topological polar surface area (TPSA) is 285 Å². The monoisotopic (exact) mass is 923 g/mol. The zero-order valence-electron chi connectivity index (χ0n) is 38.3. The van der Waals surface area contributed by atoms with Crippen molar-refractivity contribution in [2.75, 3.05) is 6.61 Å². The van der Waals surface area contributed by atoms with E-state index in [0.29, 0.717) is 31.2 Å². The van der Waals surface area contributed by atoms with Crippen LogP contribution >= 0.6 is 0 Å². The number of carbonyl (C=O) groups is 8. The molecule has 0 fully saturated rings. The molecule has 18 heteroatoms. The Labute approximate surface area is 388 Å². The van der Waals surface area contributed by atoms with Gasteiger partial charge in [-0.2, -0.15) is 0 Å². The maximum absolute atomic E-state index is 14.2.